The van der Waals surface area contributed by atoms with Gasteiger partial charge in [0.15, 0.2) is 5.82 Å². The van der Waals surface area contributed by atoms with Crippen LogP contribution in [0.3, 0.4) is 0 Å². The first-order chi connectivity index (χ1) is 15.1. The molecule has 1 heterocycles. The molecule has 0 radical (unpaired) electrons. The maximum Gasteiger partial charge on any atom is 0.282 e. The van der Waals surface area contributed by atoms with E-state index in [-0.39, 0.29) is 12.2 Å². The Morgan fingerprint density at radius 3 is 2.39 bits per heavy atom. The van der Waals surface area contributed by atoms with Gasteiger partial charge in [-0.15, -0.1) is 0 Å². The summed E-state index contributed by atoms with van der Waals surface area (Å²) in [6.45, 7) is 4.10. The summed E-state index contributed by atoms with van der Waals surface area (Å²) in [7, 11) is 1.62. The van der Waals surface area contributed by atoms with Gasteiger partial charge in [0.05, 0.1) is 24.2 Å². The maximum atomic E-state index is 13.1. The van der Waals surface area contributed by atoms with Crippen LogP contribution in [0.4, 0.5) is 0 Å². The number of ether oxygens (including phenoxy) is 2. The molecular weight excluding hydrogens is 390 g/mol. The highest BCUT2D eigenvalue weighted by Gasteiger charge is 2.12. The molecule has 0 fully saturated rings. The summed E-state index contributed by atoms with van der Waals surface area (Å²) >= 11 is 0. The second kappa shape index (κ2) is 8.83. The van der Waals surface area contributed by atoms with Crippen molar-refractivity contribution in [2.45, 2.75) is 20.5 Å². The molecule has 1 aromatic heterocycles. The van der Waals surface area contributed by atoms with Crippen LogP contribution in [0.2, 0.25) is 0 Å². The van der Waals surface area contributed by atoms with Crippen LogP contribution >= 0.6 is 0 Å². The zero-order valence-corrected chi connectivity index (χ0v) is 17.7. The Bertz CT molecular complexity index is 1290. The number of aromatic nitrogens is 2. The molecule has 0 aliphatic rings. The number of benzene rings is 3. The summed E-state index contributed by atoms with van der Waals surface area (Å²) in [5.41, 5.74) is 3.26. The predicted octanol–water partition coefficient (Wildman–Crippen LogP) is 4.48. The van der Waals surface area contributed by atoms with Crippen molar-refractivity contribution in [3.05, 3.63) is 99.6 Å². The predicted molar refractivity (Wildman–Crippen MR) is 122 cm³/mol. The van der Waals surface area contributed by atoms with Crippen LogP contribution < -0.4 is 15.0 Å². The molecule has 0 spiro atoms. The highest BCUT2D eigenvalue weighted by molar-refractivity contribution is 5.80. The first kappa shape index (κ1) is 20.3. The molecule has 4 rings (SSSR count). The van der Waals surface area contributed by atoms with E-state index < -0.39 is 0 Å². The summed E-state index contributed by atoms with van der Waals surface area (Å²) in [4.78, 5) is 17.8. The molecule has 3 aromatic carbocycles. The molecular formula is C25H23N3O3. The van der Waals surface area contributed by atoms with Gasteiger partial charge in [0, 0.05) is 0 Å². The number of nitrogens with zero attached hydrogens (tertiary/aromatic N) is 3. The van der Waals surface area contributed by atoms with Crippen LogP contribution in [0.5, 0.6) is 11.5 Å². The summed E-state index contributed by atoms with van der Waals surface area (Å²) in [5, 5.41) is 4.94. The van der Waals surface area contributed by atoms with Crippen molar-refractivity contribution in [3.63, 3.8) is 0 Å². The number of aryl methyl sites for hydroxylation is 2. The van der Waals surface area contributed by atoms with E-state index in [1.165, 1.54) is 4.68 Å². The third-order valence-corrected chi connectivity index (χ3v) is 5.01. The van der Waals surface area contributed by atoms with Gasteiger partial charge in [-0.05, 0) is 66.9 Å². The van der Waals surface area contributed by atoms with Crippen LogP contribution in [0.25, 0.3) is 10.9 Å². The van der Waals surface area contributed by atoms with E-state index in [0.29, 0.717) is 16.7 Å². The fourth-order valence-corrected chi connectivity index (χ4v) is 3.36. The van der Waals surface area contributed by atoms with Crippen LogP contribution in [-0.2, 0) is 6.61 Å². The molecule has 0 aliphatic carbocycles. The summed E-state index contributed by atoms with van der Waals surface area (Å²) in [6, 6.07) is 20.6. The lowest BCUT2D eigenvalue weighted by Crippen LogP contribution is -2.23. The molecule has 4 aromatic rings. The molecule has 0 bridgehead atoms. The van der Waals surface area contributed by atoms with Crippen molar-refractivity contribution < 1.29 is 9.47 Å². The largest absolute Gasteiger partial charge is 0.497 e. The Balaban J connectivity index is 1.74. The standard InChI is InChI=1S/C25H23N3O3/c1-17-7-6-8-18(2)24(17)31-16-23-27-22-10-5-4-9-21(22)25(29)28(23)26-15-19-11-13-20(30-3)14-12-19/h4-15H,16H2,1-3H3/b26-15+. The Morgan fingerprint density at radius 1 is 0.968 bits per heavy atom. The highest BCUT2D eigenvalue weighted by atomic mass is 16.5. The Kier molecular flexibility index (Phi) is 5.80. The molecule has 0 unspecified atom stereocenters. The Morgan fingerprint density at radius 2 is 1.68 bits per heavy atom. The zero-order chi connectivity index (χ0) is 21.8. The van der Waals surface area contributed by atoms with E-state index in [1.807, 2.05) is 74.5 Å². The van der Waals surface area contributed by atoms with Gasteiger partial charge in [0.25, 0.3) is 5.56 Å². The topological polar surface area (TPSA) is 65.7 Å². The van der Waals surface area contributed by atoms with Crippen molar-refractivity contribution >= 4 is 17.1 Å². The van der Waals surface area contributed by atoms with Gasteiger partial charge in [-0.3, -0.25) is 4.79 Å². The molecule has 0 amide bonds. The Hall–Kier alpha value is -3.93. The normalized spacial score (nSPS) is 11.2. The van der Waals surface area contributed by atoms with E-state index in [9.17, 15) is 4.79 Å². The minimum absolute atomic E-state index is 0.117. The second-order valence-corrected chi connectivity index (χ2v) is 7.19. The van der Waals surface area contributed by atoms with Crippen molar-refractivity contribution in [1.82, 2.24) is 9.66 Å². The van der Waals surface area contributed by atoms with Crippen LogP contribution in [0, 0.1) is 13.8 Å². The van der Waals surface area contributed by atoms with Gasteiger partial charge in [-0.25, -0.2) is 4.98 Å². The molecule has 6 nitrogen and oxygen atoms in total. The second-order valence-electron chi connectivity index (χ2n) is 7.19. The molecule has 6 heteroatoms. The third kappa shape index (κ3) is 4.33. The maximum absolute atomic E-state index is 13.1. The van der Waals surface area contributed by atoms with Crippen molar-refractivity contribution in [1.29, 1.82) is 0 Å². The number of methoxy groups -OCH3 is 1. The van der Waals surface area contributed by atoms with Gasteiger partial charge in [-0.2, -0.15) is 9.78 Å². The van der Waals surface area contributed by atoms with Crippen molar-refractivity contribution in [2.24, 2.45) is 5.10 Å². The highest BCUT2D eigenvalue weighted by Crippen LogP contribution is 2.23. The summed E-state index contributed by atoms with van der Waals surface area (Å²) in [5.74, 6) is 1.97. The quantitative estimate of drug-likeness (QED) is 0.437. The van der Waals surface area contributed by atoms with Crippen molar-refractivity contribution in [2.75, 3.05) is 7.11 Å². The van der Waals surface area contributed by atoms with Gasteiger partial charge in [0.1, 0.15) is 18.1 Å². The van der Waals surface area contributed by atoms with E-state index >= 15 is 0 Å². The van der Waals surface area contributed by atoms with Gasteiger partial charge in [-0.1, -0.05) is 30.3 Å². The van der Waals surface area contributed by atoms with E-state index in [1.54, 1.807) is 19.4 Å². The average molecular weight is 413 g/mol. The van der Waals surface area contributed by atoms with Gasteiger partial charge in [0.2, 0.25) is 0 Å². The third-order valence-electron chi connectivity index (χ3n) is 5.01. The van der Waals surface area contributed by atoms with Crippen LogP contribution in [0.1, 0.15) is 22.5 Å². The minimum atomic E-state index is -0.240. The lowest BCUT2D eigenvalue weighted by Gasteiger charge is -2.14. The minimum Gasteiger partial charge on any atom is -0.497 e. The van der Waals surface area contributed by atoms with Gasteiger partial charge >= 0.3 is 0 Å². The molecule has 0 saturated carbocycles. The van der Waals surface area contributed by atoms with E-state index in [2.05, 4.69) is 10.1 Å². The fraction of sp³-hybridized carbons (Fsp3) is 0.160. The van der Waals surface area contributed by atoms with Crippen LogP contribution in [0.15, 0.2) is 76.6 Å². The molecule has 156 valence electrons. The monoisotopic (exact) mass is 413 g/mol. The lowest BCUT2D eigenvalue weighted by molar-refractivity contribution is 0.285. The molecule has 0 aliphatic heterocycles. The SMILES string of the molecule is COc1ccc(/C=N/n2c(COc3c(C)cccc3C)nc3ccccc3c2=O)cc1. The Labute approximate surface area is 180 Å². The lowest BCUT2D eigenvalue weighted by atomic mass is 10.1. The smallest absolute Gasteiger partial charge is 0.282 e. The zero-order valence-electron chi connectivity index (χ0n) is 17.7. The number of rotatable bonds is 6. The molecule has 0 saturated heterocycles. The van der Waals surface area contributed by atoms with Crippen molar-refractivity contribution in [3.8, 4) is 11.5 Å². The molecule has 31 heavy (non-hydrogen) atoms. The fourth-order valence-electron chi connectivity index (χ4n) is 3.36. The van der Waals surface area contributed by atoms with Gasteiger partial charge < -0.3 is 9.47 Å². The summed E-state index contributed by atoms with van der Waals surface area (Å²) in [6.07, 6.45) is 1.62. The first-order valence-electron chi connectivity index (χ1n) is 9.95. The van der Waals surface area contributed by atoms with Crippen LogP contribution in [-0.4, -0.2) is 23.0 Å². The number of fused-ring (bicyclic) bond motifs is 1. The molecule has 0 N–H and O–H groups in total. The first-order valence-corrected chi connectivity index (χ1v) is 9.95. The average Bonchev–Trinajstić information content (AvgIpc) is 2.79. The summed E-state index contributed by atoms with van der Waals surface area (Å²) < 4.78 is 12.6. The molecule has 0 atom stereocenters. The van der Waals surface area contributed by atoms with E-state index in [0.717, 1.165) is 28.2 Å². The number of hydrogen-bond donors (Lipinski definition) is 0. The number of hydrogen-bond acceptors (Lipinski definition) is 5. The van der Waals surface area contributed by atoms with E-state index in [4.69, 9.17) is 9.47 Å². The number of para-hydroxylation sites is 2.